The molecular formula is C14H25IN4S2. The van der Waals surface area contributed by atoms with Crippen LogP contribution in [0.4, 0.5) is 0 Å². The summed E-state index contributed by atoms with van der Waals surface area (Å²) in [5, 5.41) is 7.85. The van der Waals surface area contributed by atoms with Crippen LogP contribution in [0.3, 0.4) is 0 Å². The maximum Gasteiger partial charge on any atom is 0.191 e. The van der Waals surface area contributed by atoms with Crippen LogP contribution in [0, 0.1) is 6.92 Å². The summed E-state index contributed by atoms with van der Waals surface area (Å²) in [5.74, 6) is 2.18. The van der Waals surface area contributed by atoms with Crippen molar-refractivity contribution in [1.82, 2.24) is 15.6 Å². The standard InChI is InChI=1S/C14H24N4S2.HI/c1-4-15-13(17-9-12-16-8-11(2)20-12)18-10-14(3)6-5-7-19-14;/h8H,4-7,9-10H2,1-3H3,(H2,15,17,18);1H. The van der Waals surface area contributed by atoms with Gasteiger partial charge in [0, 0.05) is 28.9 Å². The lowest BCUT2D eigenvalue weighted by Gasteiger charge is -2.24. The van der Waals surface area contributed by atoms with Crippen molar-refractivity contribution in [3.05, 3.63) is 16.1 Å². The lowest BCUT2D eigenvalue weighted by atomic mass is 10.1. The molecule has 1 aliphatic rings. The monoisotopic (exact) mass is 440 g/mol. The molecule has 0 aromatic carbocycles. The van der Waals surface area contributed by atoms with Crippen LogP contribution in [0.5, 0.6) is 0 Å². The number of thiazole rings is 1. The van der Waals surface area contributed by atoms with Gasteiger partial charge in [0.15, 0.2) is 5.96 Å². The van der Waals surface area contributed by atoms with Crippen molar-refractivity contribution in [2.75, 3.05) is 18.8 Å². The summed E-state index contributed by atoms with van der Waals surface area (Å²) in [6.07, 6.45) is 4.52. The van der Waals surface area contributed by atoms with E-state index in [1.54, 1.807) is 11.3 Å². The number of rotatable bonds is 5. The Balaban J connectivity index is 0.00000220. The van der Waals surface area contributed by atoms with Crippen molar-refractivity contribution >= 4 is 53.0 Å². The van der Waals surface area contributed by atoms with Crippen LogP contribution in [0.25, 0.3) is 0 Å². The normalized spacial score (nSPS) is 22.0. The van der Waals surface area contributed by atoms with Gasteiger partial charge in [-0.3, -0.25) is 0 Å². The van der Waals surface area contributed by atoms with Gasteiger partial charge in [-0.15, -0.1) is 35.3 Å². The Kier molecular flexibility index (Phi) is 8.33. The number of aryl methyl sites for hydroxylation is 1. The molecule has 0 bridgehead atoms. The average Bonchev–Trinajstić information content (AvgIpc) is 3.03. The van der Waals surface area contributed by atoms with E-state index in [0.29, 0.717) is 11.3 Å². The topological polar surface area (TPSA) is 49.3 Å². The van der Waals surface area contributed by atoms with Crippen LogP contribution in [-0.2, 0) is 6.54 Å². The molecule has 1 aromatic heterocycles. The molecule has 21 heavy (non-hydrogen) atoms. The molecule has 120 valence electrons. The van der Waals surface area contributed by atoms with Crippen molar-refractivity contribution in [2.45, 2.75) is 44.9 Å². The lowest BCUT2D eigenvalue weighted by molar-refractivity contribution is 0.584. The minimum Gasteiger partial charge on any atom is -0.357 e. The Labute approximate surface area is 153 Å². The first-order valence-electron chi connectivity index (χ1n) is 7.19. The number of hydrogen-bond acceptors (Lipinski definition) is 4. The number of guanidine groups is 1. The SMILES string of the molecule is CCNC(=NCc1ncc(C)s1)NCC1(C)CCCS1.I. The lowest BCUT2D eigenvalue weighted by Crippen LogP contribution is -2.43. The minimum absolute atomic E-state index is 0. The average molecular weight is 440 g/mol. The van der Waals surface area contributed by atoms with Crippen molar-refractivity contribution < 1.29 is 0 Å². The third-order valence-electron chi connectivity index (χ3n) is 3.32. The molecule has 4 nitrogen and oxygen atoms in total. The molecule has 0 spiro atoms. The Morgan fingerprint density at radius 2 is 2.29 bits per heavy atom. The van der Waals surface area contributed by atoms with Gasteiger partial charge in [0.1, 0.15) is 5.01 Å². The zero-order valence-corrected chi connectivity index (χ0v) is 16.9. The Hall–Kier alpha value is -0.0200. The molecule has 2 heterocycles. The molecule has 0 radical (unpaired) electrons. The summed E-state index contributed by atoms with van der Waals surface area (Å²) in [4.78, 5) is 10.2. The van der Waals surface area contributed by atoms with Crippen LogP contribution in [-0.4, -0.2) is 34.5 Å². The van der Waals surface area contributed by atoms with Crippen LogP contribution in [0.2, 0.25) is 0 Å². The van der Waals surface area contributed by atoms with E-state index < -0.39 is 0 Å². The number of thioether (sulfide) groups is 1. The van der Waals surface area contributed by atoms with E-state index in [0.717, 1.165) is 24.1 Å². The number of halogens is 1. The number of aromatic nitrogens is 1. The fourth-order valence-electron chi connectivity index (χ4n) is 2.21. The molecule has 2 rings (SSSR count). The molecular weight excluding hydrogens is 415 g/mol. The van der Waals surface area contributed by atoms with Crippen molar-refractivity contribution in [2.24, 2.45) is 4.99 Å². The molecule has 1 atom stereocenters. The second-order valence-electron chi connectivity index (χ2n) is 5.32. The largest absolute Gasteiger partial charge is 0.357 e. The van der Waals surface area contributed by atoms with Gasteiger partial charge in [-0.1, -0.05) is 0 Å². The highest BCUT2D eigenvalue weighted by Gasteiger charge is 2.29. The van der Waals surface area contributed by atoms with Crippen LogP contribution in [0.1, 0.15) is 36.6 Å². The number of nitrogens with zero attached hydrogens (tertiary/aromatic N) is 2. The molecule has 0 saturated carbocycles. The summed E-state index contributed by atoms with van der Waals surface area (Å²) in [7, 11) is 0. The smallest absolute Gasteiger partial charge is 0.191 e. The van der Waals surface area contributed by atoms with Gasteiger partial charge in [0.05, 0.1) is 6.54 Å². The Bertz CT molecular complexity index is 456. The van der Waals surface area contributed by atoms with Gasteiger partial charge in [0.25, 0.3) is 0 Å². The Morgan fingerprint density at radius 1 is 1.48 bits per heavy atom. The van der Waals surface area contributed by atoms with Crippen molar-refractivity contribution in [3.8, 4) is 0 Å². The zero-order valence-electron chi connectivity index (χ0n) is 12.9. The molecule has 7 heteroatoms. The first-order valence-corrected chi connectivity index (χ1v) is 8.99. The van der Waals surface area contributed by atoms with E-state index in [1.165, 1.54) is 23.5 Å². The van der Waals surface area contributed by atoms with E-state index in [1.807, 2.05) is 6.20 Å². The van der Waals surface area contributed by atoms with Gasteiger partial charge >= 0.3 is 0 Å². The zero-order chi connectivity index (χ0) is 14.4. The maximum absolute atomic E-state index is 4.62. The predicted octanol–water partition coefficient (Wildman–Crippen LogP) is 3.41. The number of hydrogen-bond donors (Lipinski definition) is 2. The number of aliphatic imine (C=N–C) groups is 1. The first-order chi connectivity index (χ1) is 9.61. The second-order valence-corrected chi connectivity index (χ2v) is 8.32. The summed E-state index contributed by atoms with van der Waals surface area (Å²) in [6, 6.07) is 0. The summed E-state index contributed by atoms with van der Waals surface area (Å²) < 4.78 is 0.355. The van der Waals surface area contributed by atoms with Crippen molar-refractivity contribution in [3.63, 3.8) is 0 Å². The molecule has 0 aliphatic carbocycles. The minimum atomic E-state index is 0. The van der Waals surface area contributed by atoms with E-state index >= 15 is 0 Å². The fraction of sp³-hybridized carbons (Fsp3) is 0.714. The highest BCUT2D eigenvalue weighted by Crippen LogP contribution is 2.36. The van der Waals surface area contributed by atoms with Gasteiger partial charge < -0.3 is 10.6 Å². The second kappa shape index (κ2) is 9.19. The summed E-state index contributed by atoms with van der Waals surface area (Å²) in [5.41, 5.74) is 0. The van der Waals surface area contributed by atoms with Crippen molar-refractivity contribution in [1.29, 1.82) is 0 Å². The quantitative estimate of drug-likeness (QED) is 0.419. The third kappa shape index (κ3) is 6.32. The van der Waals surface area contributed by atoms with E-state index in [-0.39, 0.29) is 24.0 Å². The summed E-state index contributed by atoms with van der Waals surface area (Å²) in [6.45, 7) is 9.01. The van der Waals surface area contributed by atoms with E-state index in [9.17, 15) is 0 Å². The van der Waals surface area contributed by atoms with E-state index in [4.69, 9.17) is 0 Å². The third-order valence-corrected chi connectivity index (χ3v) is 5.75. The number of nitrogens with one attached hydrogen (secondary N) is 2. The van der Waals surface area contributed by atoms with Gasteiger partial charge in [-0.2, -0.15) is 11.8 Å². The molecule has 1 aromatic rings. The molecule has 2 N–H and O–H groups in total. The molecule has 1 saturated heterocycles. The predicted molar refractivity (Wildman–Crippen MR) is 105 cm³/mol. The first kappa shape index (κ1) is 19.0. The van der Waals surface area contributed by atoms with Gasteiger partial charge in [0.2, 0.25) is 0 Å². The summed E-state index contributed by atoms with van der Waals surface area (Å²) >= 11 is 3.78. The molecule has 1 aliphatic heterocycles. The van der Waals surface area contributed by atoms with Crippen LogP contribution >= 0.6 is 47.1 Å². The highest BCUT2D eigenvalue weighted by molar-refractivity contribution is 14.0. The van der Waals surface area contributed by atoms with Gasteiger partial charge in [-0.25, -0.2) is 9.98 Å². The van der Waals surface area contributed by atoms with Gasteiger partial charge in [-0.05, 0) is 39.4 Å². The maximum atomic E-state index is 4.62. The molecule has 1 unspecified atom stereocenters. The fourth-order valence-corrected chi connectivity index (χ4v) is 4.17. The van der Waals surface area contributed by atoms with E-state index in [2.05, 4.69) is 53.1 Å². The van der Waals surface area contributed by atoms with Crippen LogP contribution in [0.15, 0.2) is 11.2 Å². The molecule has 0 amide bonds. The molecule has 1 fully saturated rings. The highest BCUT2D eigenvalue weighted by atomic mass is 127. The van der Waals surface area contributed by atoms with Crippen LogP contribution < -0.4 is 10.6 Å². The Morgan fingerprint density at radius 3 is 2.86 bits per heavy atom.